The van der Waals surface area contributed by atoms with E-state index in [2.05, 4.69) is 145 Å². The molecule has 7 rings (SSSR count). The molecule has 0 aliphatic rings. The van der Waals surface area contributed by atoms with Crippen LogP contribution in [0.25, 0.3) is 32.7 Å². The molecule has 0 unspecified atom stereocenters. The maximum atomic E-state index is 6.05. The normalized spacial score (nSPS) is 11.0. The number of halogens is 4. The average Bonchev–Trinajstić information content (AvgIpc) is 3.74. The van der Waals surface area contributed by atoms with Crippen LogP contribution in [0.3, 0.4) is 0 Å². The molecular weight excluding hydrogens is 861 g/mol. The van der Waals surface area contributed by atoms with Crippen molar-refractivity contribution >= 4 is 48.0 Å². The summed E-state index contributed by atoms with van der Waals surface area (Å²) in [7, 11) is 0. The van der Waals surface area contributed by atoms with Crippen LogP contribution < -0.4 is 24.8 Å². The minimum absolute atomic E-state index is 0. The second-order valence-electron chi connectivity index (χ2n) is 14.1. The third kappa shape index (κ3) is 10.4. The molecular formula is C45H42Cl4Hf-2. The molecule has 0 radical (unpaired) electrons. The molecule has 0 saturated carbocycles. The molecule has 5 heteroatoms. The fourth-order valence-electron chi connectivity index (χ4n) is 5.61. The van der Waals surface area contributed by atoms with Crippen molar-refractivity contribution in [1.82, 2.24) is 0 Å². The van der Waals surface area contributed by atoms with Crippen LogP contribution in [0.1, 0.15) is 63.8 Å². The Morgan fingerprint density at radius 3 is 1.46 bits per heavy atom. The fourth-order valence-corrected chi connectivity index (χ4v) is 7.22. The summed E-state index contributed by atoms with van der Waals surface area (Å²) in [4.78, 5) is 0. The third-order valence-corrected chi connectivity index (χ3v) is 11.4. The summed E-state index contributed by atoms with van der Waals surface area (Å²) in [6.45, 7) is 13.6. The molecule has 0 amide bonds. The molecule has 0 aliphatic carbocycles. The first kappa shape index (κ1) is 41.6. The van der Waals surface area contributed by atoms with Crippen molar-refractivity contribution < 1.29 is 48.7 Å². The van der Waals surface area contributed by atoms with Crippen LogP contribution in [0, 0.1) is 0 Å². The maximum absolute atomic E-state index is 6.05. The molecule has 0 heterocycles. The molecule has 0 aromatic heterocycles. The Balaban J connectivity index is 0.000000206. The minimum atomic E-state index is 0. The van der Waals surface area contributed by atoms with E-state index in [-0.39, 0.29) is 35.6 Å². The zero-order valence-corrected chi connectivity index (χ0v) is 36.0. The molecule has 0 bridgehead atoms. The quantitative estimate of drug-likeness (QED) is 0.128. The molecule has 0 fully saturated rings. The predicted molar refractivity (Wildman–Crippen MR) is 208 cm³/mol. The Kier molecular flexibility index (Phi) is 15.1. The van der Waals surface area contributed by atoms with Gasteiger partial charge in [0.25, 0.3) is 0 Å². The number of benzene rings is 5. The standard InChI is InChI=1S/C21H25.C13H10.C11H7Cl2.2ClH.Hf/c1-20(2,3)16-7-9-18-14(12-16)11-15-13-17(21(4,5)6)8-10-19(15)18;1-3-7-12(8-4-1)11-13-9-5-2-6-10-13;12-10-7-3-6-9(11(10)13)8-4-1-2-5-8;;;/h7-13H,1-6H3;1-10H;1-7H;2*1H;/q-1;;-1;;;+2/p-2. The van der Waals surface area contributed by atoms with Crippen LogP contribution in [0.15, 0.2) is 146 Å². The van der Waals surface area contributed by atoms with Crippen LogP contribution in [-0.2, 0) is 34.7 Å². The zero-order valence-electron chi connectivity index (χ0n) is 29.4. The van der Waals surface area contributed by atoms with Crippen LogP contribution >= 0.6 is 23.2 Å². The van der Waals surface area contributed by atoms with Gasteiger partial charge >= 0.3 is 98.9 Å². The van der Waals surface area contributed by atoms with E-state index in [9.17, 15) is 0 Å². The van der Waals surface area contributed by atoms with E-state index in [0.717, 1.165) is 35.0 Å². The molecule has 7 aromatic carbocycles. The first-order chi connectivity index (χ1) is 22.8. The van der Waals surface area contributed by atoms with Gasteiger partial charge in [0, 0.05) is 5.02 Å². The van der Waals surface area contributed by atoms with Gasteiger partial charge in [-0.1, -0.05) is 118 Å². The molecule has 0 saturated heterocycles. The van der Waals surface area contributed by atoms with Gasteiger partial charge in [0.15, 0.2) is 0 Å². The van der Waals surface area contributed by atoms with E-state index in [1.165, 1.54) is 47.1 Å². The molecule has 7 aromatic rings. The van der Waals surface area contributed by atoms with Gasteiger partial charge < -0.3 is 24.8 Å². The summed E-state index contributed by atoms with van der Waals surface area (Å²) in [5.41, 5.74) is 8.01. The van der Waals surface area contributed by atoms with Crippen molar-refractivity contribution in [2.24, 2.45) is 0 Å². The van der Waals surface area contributed by atoms with Gasteiger partial charge in [0.1, 0.15) is 0 Å². The van der Waals surface area contributed by atoms with Crippen LogP contribution in [0.5, 0.6) is 0 Å². The number of hydrogen-bond acceptors (Lipinski definition) is 0. The Labute approximate surface area is 335 Å². The molecule has 0 N–H and O–H groups in total. The van der Waals surface area contributed by atoms with Crippen LogP contribution in [-0.4, -0.2) is 3.26 Å². The fraction of sp³-hybridized carbons (Fsp3) is 0.178. The summed E-state index contributed by atoms with van der Waals surface area (Å²) in [5, 5.41) is 6.69. The van der Waals surface area contributed by atoms with E-state index < -0.39 is 0 Å². The number of rotatable bonds is 3. The number of hydrogen-bond donors (Lipinski definition) is 0. The van der Waals surface area contributed by atoms with Crippen molar-refractivity contribution in [3.8, 4) is 11.1 Å². The molecule has 0 spiro atoms. The van der Waals surface area contributed by atoms with E-state index in [4.69, 9.17) is 23.2 Å². The first-order valence-corrected chi connectivity index (χ1v) is 18.9. The Morgan fingerprint density at radius 2 is 1.04 bits per heavy atom. The van der Waals surface area contributed by atoms with Crippen molar-refractivity contribution in [1.29, 1.82) is 0 Å². The van der Waals surface area contributed by atoms with Crippen LogP contribution in [0.4, 0.5) is 0 Å². The summed E-state index contributed by atoms with van der Waals surface area (Å²) in [5.74, 6) is 0. The van der Waals surface area contributed by atoms with Gasteiger partial charge in [-0.2, -0.15) is 18.2 Å². The van der Waals surface area contributed by atoms with Gasteiger partial charge in [-0.3, -0.25) is 0 Å². The van der Waals surface area contributed by atoms with Crippen molar-refractivity contribution in [3.63, 3.8) is 0 Å². The van der Waals surface area contributed by atoms with Gasteiger partial charge in [-0.05, 0) is 16.9 Å². The summed E-state index contributed by atoms with van der Waals surface area (Å²) >= 11 is 13.0. The van der Waals surface area contributed by atoms with Crippen LogP contribution in [0.2, 0.25) is 10.0 Å². The summed E-state index contributed by atoms with van der Waals surface area (Å²) in [6, 6.07) is 51.0. The van der Waals surface area contributed by atoms with Crippen molar-refractivity contribution in [2.45, 2.75) is 52.4 Å². The topological polar surface area (TPSA) is 0 Å². The molecule has 0 nitrogen and oxygen atoms in total. The van der Waals surface area contributed by atoms with Gasteiger partial charge in [-0.25, -0.2) is 0 Å². The molecule has 50 heavy (non-hydrogen) atoms. The first-order valence-electron chi connectivity index (χ1n) is 16.3. The Morgan fingerprint density at radius 1 is 0.560 bits per heavy atom. The van der Waals surface area contributed by atoms with Crippen molar-refractivity contribution in [2.75, 3.05) is 0 Å². The second-order valence-corrected chi connectivity index (χ2v) is 16.7. The van der Waals surface area contributed by atoms with Gasteiger partial charge in [0.05, 0.1) is 5.02 Å². The van der Waals surface area contributed by atoms with Gasteiger partial charge in [0.2, 0.25) is 0 Å². The van der Waals surface area contributed by atoms with E-state index >= 15 is 0 Å². The summed E-state index contributed by atoms with van der Waals surface area (Å²) in [6.07, 6.45) is 0. The Hall–Kier alpha value is -2.78. The van der Waals surface area contributed by atoms with E-state index in [0.29, 0.717) is 10.0 Å². The van der Waals surface area contributed by atoms with Gasteiger partial charge in [-0.15, -0.1) is 51.4 Å². The summed E-state index contributed by atoms with van der Waals surface area (Å²) < 4.78 is 1.46. The average molecular weight is 903 g/mol. The Bertz CT molecular complexity index is 2000. The zero-order chi connectivity index (χ0) is 34.5. The molecule has 0 atom stereocenters. The second kappa shape index (κ2) is 18.1. The third-order valence-electron chi connectivity index (χ3n) is 8.49. The predicted octanol–water partition coefficient (Wildman–Crippen LogP) is 7.50. The van der Waals surface area contributed by atoms with Crippen molar-refractivity contribution in [3.05, 3.63) is 178 Å². The van der Waals surface area contributed by atoms with E-state index in [1.807, 2.05) is 36.4 Å². The number of fused-ring (bicyclic) bond motifs is 3. The molecule has 0 aliphatic heterocycles. The SMILES string of the molecule is CC(C)(C)c1ccc2c(c1)[cH-]c1cc(C(C)(C)C)ccc12.Clc1cccc(-c2ccc[cH-]2)c1Cl.[Cl-].[Cl-].[Hf+2]=[C](c1ccccc1)c1ccccc1. The monoisotopic (exact) mass is 902 g/mol. The van der Waals surface area contributed by atoms with E-state index in [1.54, 1.807) is 6.07 Å². The molecule has 256 valence electrons.